The van der Waals surface area contributed by atoms with Crippen LogP contribution in [0.1, 0.15) is 56.4 Å². The maximum absolute atomic E-state index is 12.8. The highest BCUT2D eigenvalue weighted by Gasteiger charge is 2.25. The highest BCUT2D eigenvalue weighted by atomic mass is 19.1. The molecule has 1 N–H and O–H groups in total. The molecule has 1 aliphatic carbocycles. The van der Waals surface area contributed by atoms with E-state index in [0.29, 0.717) is 36.6 Å². The molecule has 0 unspecified atom stereocenters. The molecule has 29 heavy (non-hydrogen) atoms. The normalized spacial score (nSPS) is 17.6. The van der Waals surface area contributed by atoms with Crippen LogP contribution >= 0.6 is 0 Å². The molecule has 6 nitrogen and oxygen atoms in total. The predicted octanol–water partition coefficient (Wildman–Crippen LogP) is 3.60. The van der Waals surface area contributed by atoms with Gasteiger partial charge in [-0.1, -0.05) is 13.8 Å². The zero-order valence-electron chi connectivity index (χ0n) is 17.7. The predicted molar refractivity (Wildman–Crippen MR) is 111 cm³/mol. The van der Waals surface area contributed by atoms with Gasteiger partial charge in [-0.3, -0.25) is 4.79 Å². The van der Waals surface area contributed by atoms with Gasteiger partial charge in [0.2, 0.25) is 5.88 Å². The van der Waals surface area contributed by atoms with E-state index in [1.165, 1.54) is 25.7 Å². The first kappa shape index (κ1) is 21.8. The fraction of sp³-hybridized carbons (Fsp3) is 0.727. The number of rotatable bonds is 12. The van der Waals surface area contributed by atoms with E-state index >= 15 is 0 Å². The van der Waals surface area contributed by atoms with Crippen molar-refractivity contribution in [3.05, 3.63) is 17.8 Å². The van der Waals surface area contributed by atoms with Gasteiger partial charge in [0, 0.05) is 13.1 Å². The minimum Gasteiger partial charge on any atom is -0.476 e. The highest BCUT2D eigenvalue weighted by molar-refractivity contribution is 5.93. The number of nitrogens with zero attached hydrogens (tertiary/aromatic N) is 2. The van der Waals surface area contributed by atoms with Crippen LogP contribution in [0.25, 0.3) is 0 Å². The molecule has 1 aromatic rings. The molecule has 1 amide bonds. The number of nitrogens with one attached hydrogen (secondary N) is 1. The van der Waals surface area contributed by atoms with Gasteiger partial charge < -0.3 is 19.7 Å². The summed E-state index contributed by atoms with van der Waals surface area (Å²) >= 11 is 0. The second-order valence-corrected chi connectivity index (χ2v) is 8.53. The Hall–Kier alpha value is -1.89. The smallest absolute Gasteiger partial charge is 0.270 e. The molecule has 2 fully saturated rings. The van der Waals surface area contributed by atoms with Gasteiger partial charge in [-0.25, -0.2) is 9.37 Å². The van der Waals surface area contributed by atoms with Gasteiger partial charge in [0.25, 0.3) is 5.91 Å². The van der Waals surface area contributed by atoms with Crippen LogP contribution in [-0.2, 0) is 4.74 Å². The number of anilines is 1. The van der Waals surface area contributed by atoms with Crippen LogP contribution in [0.2, 0.25) is 0 Å². The number of hydrogen-bond acceptors (Lipinski definition) is 5. The Labute approximate surface area is 173 Å². The minimum atomic E-state index is -0.524. The first-order valence-corrected chi connectivity index (χ1v) is 10.9. The molecule has 1 saturated heterocycles. The van der Waals surface area contributed by atoms with Crippen molar-refractivity contribution in [1.82, 2.24) is 10.3 Å². The Kier molecular flexibility index (Phi) is 8.09. The van der Waals surface area contributed by atoms with Gasteiger partial charge in [-0.05, 0) is 56.1 Å². The van der Waals surface area contributed by atoms with E-state index in [0.717, 1.165) is 25.2 Å². The molecule has 0 bridgehead atoms. The molecule has 1 atom stereocenters. The number of carbonyl (C=O) groups is 1. The van der Waals surface area contributed by atoms with Crippen LogP contribution in [0.3, 0.4) is 0 Å². The van der Waals surface area contributed by atoms with Crippen molar-refractivity contribution in [2.45, 2.75) is 52.0 Å². The molecule has 0 spiro atoms. The lowest BCUT2D eigenvalue weighted by molar-refractivity contribution is 0.0770. The third-order valence-electron chi connectivity index (χ3n) is 5.30. The molecular formula is C22H34FN3O3. The molecule has 2 heterocycles. The largest absolute Gasteiger partial charge is 0.476 e. The van der Waals surface area contributed by atoms with Crippen LogP contribution in [0.5, 0.6) is 5.88 Å². The molecule has 3 rings (SSSR count). The highest BCUT2D eigenvalue weighted by Crippen LogP contribution is 2.33. The van der Waals surface area contributed by atoms with Gasteiger partial charge in [-0.2, -0.15) is 0 Å². The van der Waals surface area contributed by atoms with Gasteiger partial charge >= 0.3 is 0 Å². The first-order chi connectivity index (χ1) is 14.1. The average molecular weight is 408 g/mol. The third kappa shape index (κ3) is 6.84. The van der Waals surface area contributed by atoms with E-state index < -0.39 is 6.67 Å². The van der Waals surface area contributed by atoms with Crippen LogP contribution < -0.4 is 15.0 Å². The van der Waals surface area contributed by atoms with Crippen molar-refractivity contribution in [3.63, 3.8) is 0 Å². The van der Waals surface area contributed by atoms with Crippen molar-refractivity contribution in [2.24, 2.45) is 11.8 Å². The summed E-state index contributed by atoms with van der Waals surface area (Å²) in [7, 11) is 0. The van der Waals surface area contributed by atoms with Crippen molar-refractivity contribution in [3.8, 4) is 5.88 Å². The van der Waals surface area contributed by atoms with Gasteiger partial charge in [0.05, 0.1) is 31.5 Å². The van der Waals surface area contributed by atoms with Crippen molar-refractivity contribution < 1.29 is 18.7 Å². The molecular weight excluding hydrogens is 373 g/mol. The molecule has 1 aliphatic heterocycles. The maximum Gasteiger partial charge on any atom is 0.270 e. The molecule has 1 aromatic heterocycles. The molecule has 1 saturated carbocycles. The lowest BCUT2D eigenvalue weighted by atomic mass is 10.0. The second-order valence-electron chi connectivity index (χ2n) is 8.53. The van der Waals surface area contributed by atoms with Crippen LogP contribution in [0, 0.1) is 11.8 Å². The van der Waals surface area contributed by atoms with Crippen molar-refractivity contribution in [2.75, 3.05) is 44.5 Å². The number of ether oxygens (including phenoxy) is 2. The summed E-state index contributed by atoms with van der Waals surface area (Å²) in [5, 5.41) is 3.00. The second kappa shape index (κ2) is 10.8. The number of carbonyl (C=O) groups excluding carboxylic acids is 1. The van der Waals surface area contributed by atoms with Crippen molar-refractivity contribution >= 4 is 11.6 Å². The summed E-state index contributed by atoms with van der Waals surface area (Å²) in [6.07, 6.45) is 5.50. The van der Waals surface area contributed by atoms with E-state index in [2.05, 4.69) is 29.0 Å². The van der Waals surface area contributed by atoms with E-state index in [1.807, 2.05) is 6.07 Å². The quantitative estimate of drug-likeness (QED) is 0.537. The SMILES string of the molecule is CC(C)C[C@H](COCCF)NC(=O)c1ccc(N2CCCC2)c(OCC2CC2)n1. The minimum absolute atomic E-state index is 0.0480. The topological polar surface area (TPSA) is 63.7 Å². The fourth-order valence-corrected chi connectivity index (χ4v) is 3.62. The molecule has 0 radical (unpaired) electrons. The monoisotopic (exact) mass is 407 g/mol. The van der Waals surface area contributed by atoms with E-state index in [9.17, 15) is 9.18 Å². The van der Waals surface area contributed by atoms with Gasteiger partial charge in [-0.15, -0.1) is 0 Å². The zero-order valence-corrected chi connectivity index (χ0v) is 17.7. The number of alkyl halides is 1. The van der Waals surface area contributed by atoms with Gasteiger partial charge in [0.1, 0.15) is 12.4 Å². The lowest BCUT2D eigenvalue weighted by Gasteiger charge is -2.22. The third-order valence-corrected chi connectivity index (χ3v) is 5.30. The Morgan fingerprint density at radius 1 is 1.31 bits per heavy atom. The Morgan fingerprint density at radius 3 is 2.72 bits per heavy atom. The van der Waals surface area contributed by atoms with Crippen LogP contribution in [0.4, 0.5) is 10.1 Å². The Balaban J connectivity index is 1.69. The number of halogens is 1. The standard InChI is InChI=1S/C22H34FN3O3/c1-16(2)13-18(15-28-12-9-23)24-21(27)19-7-8-20(26-10-3-4-11-26)22(25-19)29-14-17-5-6-17/h7-8,16-18H,3-6,9-15H2,1-2H3,(H,24,27)/t18-/m1/s1. The molecule has 2 aliphatic rings. The van der Waals surface area contributed by atoms with Gasteiger partial charge in [0.15, 0.2) is 0 Å². The number of amides is 1. The first-order valence-electron chi connectivity index (χ1n) is 10.9. The Morgan fingerprint density at radius 2 is 2.07 bits per heavy atom. The maximum atomic E-state index is 12.8. The summed E-state index contributed by atoms with van der Waals surface area (Å²) in [5.41, 5.74) is 1.32. The van der Waals surface area contributed by atoms with Crippen LogP contribution in [-0.4, -0.2) is 56.5 Å². The fourth-order valence-electron chi connectivity index (χ4n) is 3.62. The van der Waals surface area contributed by atoms with E-state index in [1.54, 1.807) is 6.07 Å². The van der Waals surface area contributed by atoms with Crippen LogP contribution in [0.15, 0.2) is 12.1 Å². The number of hydrogen-bond donors (Lipinski definition) is 1. The molecule has 7 heteroatoms. The summed E-state index contributed by atoms with van der Waals surface area (Å²) in [5.74, 6) is 1.31. The molecule has 162 valence electrons. The Bertz CT molecular complexity index is 661. The number of pyridine rings is 1. The average Bonchev–Trinajstić information content (AvgIpc) is 3.37. The summed E-state index contributed by atoms with van der Waals surface area (Å²) in [6, 6.07) is 3.54. The molecule has 0 aromatic carbocycles. The van der Waals surface area contributed by atoms with Crippen molar-refractivity contribution in [1.29, 1.82) is 0 Å². The van der Waals surface area contributed by atoms with E-state index in [-0.39, 0.29) is 18.6 Å². The summed E-state index contributed by atoms with van der Waals surface area (Å²) in [6.45, 7) is 6.64. The summed E-state index contributed by atoms with van der Waals surface area (Å²) < 4.78 is 23.7. The zero-order chi connectivity index (χ0) is 20.6. The number of aromatic nitrogens is 1. The summed E-state index contributed by atoms with van der Waals surface area (Å²) in [4.78, 5) is 19.7. The van der Waals surface area contributed by atoms with E-state index in [4.69, 9.17) is 9.47 Å². The lowest BCUT2D eigenvalue weighted by Crippen LogP contribution is -2.39.